The lowest BCUT2D eigenvalue weighted by Crippen LogP contribution is -1.82. The third kappa shape index (κ3) is 4.97. The van der Waals surface area contributed by atoms with Gasteiger partial charge in [-0.3, -0.25) is 0 Å². The largest absolute Gasteiger partial charge is 0.478 e. The van der Waals surface area contributed by atoms with E-state index < -0.39 is 5.97 Å². The average molecular weight is 305 g/mol. The Morgan fingerprint density at radius 2 is 1.44 bits per heavy atom. The van der Waals surface area contributed by atoms with Crippen molar-refractivity contribution in [3.8, 4) is 11.1 Å². The van der Waals surface area contributed by atoms with Crippen molar-refractivity contribution >= 4 is 21.9 Å². The zero-order chi connectivity index (χ0) is 13.4. The molecule has 0 unspecified atom stereocenters. The highest BCUT2D eigenvalue weighted by molar-refractivity contribution is 9.10. The van der Waals surface area contributed by atoms with Gasteiger partial charge in [0.05, 0.1) is 0 Å². The van der Waals surface area contributed by atoms with Crippen molar-refractivity contribution < 1.29 is 9.90 Å². The van der Waals surface area contributed by atoms with Gasteiger partial charge >= 0.3 is 5.97 Å². The number of halogens is 1. The third-order valence-electron chi connectivity index (χ3n) is 2.13. The molecule has 0 aliphatic carbocycles. The number of hydrogen-bond acceptors (Lipinski definition) is 1. The Bertz CT molecular complexity index is 504. The Morgan fingerprint density at radius 1 is 1.00 bits per heavy atom. The van der Waals surface area contributed by atoms with Crippen LogP contribution in [0.3, 0.4) is 0 Å². The second kappa shape index (κ2) is 7.45. The fraction of sp³-hybridized carbons (Fsp3) is 0. The number of hydrogen-bond donors (Lipinski definition) is 1. The maximum Gasteiger partial charge on any atom is 0.327 e. The first-order valence-corrected chi connectivity index (χ1v) is 6.09. The van der Waals surface area contributed by atoms with Crippen LogP contribution in [-0.2, 0) is 4.79 Å². The predicted molar refractivity (Wildman–Crippen MR) is 77.4 cm³/mol. The Hall–Kier alpha value is -1.87. The van der Waals surface area contributed by atoms with Gasteiger partial charge in [-0.05, 0) is 23.3 Å². The molecule has 18 heavy (non-hydrogen) atoms. The summed E-state index contributed by atoms with van der Waals surface area (Å²) in [5.74, 6) is -0.981. The van der Waals surface area contributed by atoms with Gasteiger partial charge in [-0.15, -0.1) is 0 Å². The molecule has 92 valence electrons. The molecule has 0 bridgehead atoms. The van der Waals surface area contributed by atoms with E-state index in [9.17, 15) is 4.79 Å². The summed E-state index contributed by atoms with van der Waals surface area (Å²) in [6, 6.07) is 18.7. The molecule has 3 heteroatoms. The van der Waals surface area contributed by atoms with Gasteiger partial charge in [-0.1, -0.05) is 65.0 Å². The molecule has 1 N–H and O–H groups in total. The van der Waals surface area contributed by atoms with E-state index in [2.05, 4.69) is 71.0 Å². The molecule has 0 saturated heterocycles. The summed E-state index contributed by atoms with van der Waals surface area (Å²) in [5, 5.41) is 7.60. The minimum absolute atomic E-state index is 0.833. The number of carboxylic acid groups (broad SMARTS) is 1. The Balaban J connectivity index is 0.000000280. The van der Waals surface area contributed by atoms with Crippen LogP contribution in [0.25, 0.3) is 11.1 Å². The molecule has 0 heterocycles. The smallest absolute Gasteiger partial charge is 0.327 e. The molecule has 0 aromatic heterocycles. The van der Waals surface area contributed by atoms with Crippen LogP contribution in [0, 0.1) is 0 Å². The van der Waals surface area contributed by atoms with Crippen molar-refractivity contribution in [3.05, 3.63) is 71.7 Å². The van der Waals surface area contributed by atoms with E-state index in [1.54, 1.807) is 0 Å². The van der Waals surface area contributed by atoms with Crippen molar-refractivity contribution in [2.45, 2.75) is 0 Å². The molecule has 0 amide bonds. The van der Waals surface area contributed by atoms with Gasteiger partial charge in [0.2, 0.25) is 0 Å². The van der Waals surface area contributed by atoms with Crippen molar-refractivity contribution in [1.82, 2.24) is 0 Å². The van der Waals surface area contributed by atoms with Gasteiger partial charge in [0.15, 0.2) is 0 Å². The van der Waals surface area contributed by atoms with Crippen LogP contribution in [0.15, 0.2) is 71.7 Å². The van der Waals surface area contributed by atoms with Gasteiger partial charge in [0, 0.05) is 10.5 Å². The lowest BCUT2D eigenvalue weighted by molar-refractivity contribution is -0.131. The molecule has 0 radical (unpaired) electrons. The highest BCUT2D eigenvalue weighted by Crippen LogP contribution is 2.20. The minimum Gasteiger partial charge on any atom is -0.478 e. The standard InChI is InChI=1S/C12H9Br.C3H4O2/c13-12-8-6-11(7-9-12)10-4-2-1-3-5-10;1-2-3(4)5/h1-9H;2H,1H2,(H,4,5). The Labute approximate surface area is 115 Å². The SMILES string of the molecule is Brc1ccc(-c2ccccc2)cc1.C=CC(=O)O. The van der Waals surface area contributed by atoms with Crippen LogP contribution in [-0.4, -0.2) is 11.1 Å². The molecule has 0 aliphatic heterocycles. The first-order chi connectivity index (χ1) is 8.63. The Morgan fingerprint density at radius 3 is 1.89 bits per heavy atom. The van der Waals surface area contributed by atoms with Gasteiger partial charge < -0.3 is 5.11 Å². The normalized spacial score (nSPS) is 8.94. The van der Waals surface area contributed by atoms with Crippen LogP contribution in [0.1, 0.15) is 0 Å². The maximum atomic E-state index is 9.25. The highest BCUT2D eigenvalue weighted by atomic mass is 79.9. The van der Waals surface area contributed by atoms with Gasteiger partial charge in [-0.2, -0.15) is 0 Å². The van der Waals surface area contributed by atoms with Crippen LogP contribution in [0.4, 0.5) is 0 Å². The van der Waals surface area contributed by atoms with E-state index in [4.69, 9.17) is 5.11 Å². The summed E-state index contributed by atoms with van der Waals surface area (Å²) in [4.78, 5) is 9.25. The van der Waals surface area contributed by atoms with E-state index in [-0.39, 0.29) is 0 Å². The number of carboxylic acids is 1. The van der Waals surface area contributed by atoms with Gasteiger partial charge in [0.1, 0.15) is 0 Å². The fourth-order valence-electron chi connectivity index (χ4n) is 1.27. The lowest BCUT2D eigenvalue weighted by atomic mass is 10.1. The first kappa shape index (κ1) is 14.2. The molecule has 0 aliphatic rings. The molecule has 0 spiro atoms. The molecule has 0 atom stereocenters. The van der Waals surface area contributed by atoms with Gasteiger partial charge in [0.25, 0.3) is 0 Å². The molecule has 2 rings (SSSR count). The van der Waals surface area contributed by atoms with E-state index >= 15 is 0 Å². The lowest BCUT2D eigenvalue weighted by Gasteiger charge is -2.00. The quantitative estimate of drug-likeness (QED) is 0.836. The van der Waals surface area contributed by atoms with Crippen LogP contribution in [0.2, 0.25) is 0 Å². The summed E-state index contributed by atoms with van der Waals surface area (Å²) in [6.45, 7) is 2.96. The van der Waals surface area contributed by atoms with E-state index in [1.807, 2.05) is 6.07 Å². The van der Waals surface area contributed by atoms with Crippen molar-refractivity contribution in [1.29, 1.82) is 0 Å². The second-order valence-electron chi connectivity index (χ2n) is 3.42. The van der Waals surface area contributed by atoms with E-state index in [0.29, 0.717) is 0 Å². The van der Waals surface area contributed by atoms with Crippen LogP contribution < -0.4 is 0 Å². The zero-order valence-corrected chi connectivity index (χ0v) is 11.3. The van der Waals surface area contributed by atoms with Crippen LogP contribution in [0.5, 0.6) is 0 Å². The van der Waals surface area contributed by atoms with Crippen molar-refractivity contribution in [3.63, 3.8) is 0 Å². The second-order valence-corrected chi connectivity index (χ2v) is 4.33. The van der Waals surface area contributed by atoms with E-state index in [1.165, 1.54) is 11.1 Å². The highest BCUT2D eigenvalue weighted by Gasteiger charge is 1.94. The predicted octanol–water partition coefficient (Wildman–Crippen LogP) is 4.37. The first-order valence-electron chi connectivity index (χ1n) is 5.30. The molecule has 2 aromatic carbocycles. The molecule has 0 fully saturated rings. The molecular weight excluding hydrogens is 292 g/mol. The number of carbonyl (C=O) groups is 1. The average Bonchev–Trinajstić information content (AvgIpc) is 2.41. The summed E-state index contributed by atoms with van der Waals surface area (Å²) in [6.07, 6.45) is 0.833. The molecule has 2 nitrogen and oxygen atoms in total. The summed E-state index contributed by atoms with van der Waals surface area (Å²) >= 11 is 3.42. The number of rotatable bonds is 2. The van der Waals surface area contributed by atoms with Crippen molar-refractivity contribution in [2.75, 3.05) is 0 Å². The summed E-state index contributed by atoms with van der Waals surface area (Å²) in [7, 11) is 0. The number of aliphatic carboxylic acids is 1. The maximum absolute atomic E-state index is 9.25. The van der Waals surface area contributed by atoms with Crippen LogP contribution >= 0.6 is 15.9 Å². The fourth-order valence-corrected chi connectivity index (χ4v) is 1.54. The molecular formula is C15H13BrO2. The number of benzene rings is 2. The third-order valence-corrected chi connectivity index (χ3v) is 2.65. The van der Waals surface area contributed by atoms with Gasteiger partial charge in [-0.25, -0.2) is 4.79 Å². The molecule has 2 aromatic rings. The van der Waals surface area contributed by atoms with Crippen molar-refractivity contribution in [2.24, 2.45) is 0 Å². The summed E-state index contributed by atoms with van der Waals surface area (Å²) < 4.78 is 1.12. The molecule has 0 saturated carbocycles. The summed E-state index contributed by atoms with van der Waals surface area (Å²) in [5.41, 5.74) is 2.51. The van der Waals surface area contributed by atoms with E-state index in [0.717, 1.165) is 10.5 Å². The minimum atomic E-state index is -0.981. The topological polar surface area (TPSA) is 37.3 Å². The zero-order valence-electron chi connectivity index (χ0n) is 9.71. The monoisotopic (exact) mass is 304 g/mol. The Kier molecular flexibility index (Phi) is 5.88.